The van der Waals surface area contributed by atoms with Gasteiger partial charge in [-0.15, -0.1) is 11.3 Å². The molecule has 0 aliphatic carbocycles. The van der Waals surface area contributed by atoms with Crippen LogP contribution >= 0.6 is 22.9 Å². The fourth-order valence-corrected chi connectivity index (χ4v) is 3.51. The summed E-state index contributed by atoms with van der Waals surface area (Å²) in [6.07, 6.45) is -4.60. The molecule has 0 unspecified atom stereocenters. The van der Waals surface area contributed by atoms with E-state index in [0.717, 1.165) is 16.5 Å². The molecule has 0 fully saturated rings. The Morgan fingerprint density at radius 2 is 2.00 bits per heavy atom. The van der Waals surface area contributed by atoms with Gasteiger partial charge in [-0.3, -0.25) is 9.69 Å². The third-order valence-corrected chi connectivity index (χ3v) is 5.20. The van der Waals surface area contributed by atoms with Crippen molar-refractivity contribution in [1.82, 2.24) is 4.90 Å². The van der Waals surface area contributed by atoms with E-state index >= 15 is 0 Å². The quantitative estimate of drug-likeness (QED) is 0.681. The smallest absolute Gasteiger partial charge is 0.324 e. The average molecular weight is 405 g/mol. The van der Waals surface area contributed by atoms with E-state index < -0.39 is 17.6 Å². The summed E-state index contributed by atoms with van der Waals surface area (Å²) in [5, 5.41) is 4.31. The Balaban J connectivity index is 2.13. The molecular formula is C18H20ClF3N2OS. The molecule has 1 amide bonds. The first-order valence-corrected chi connectivity index (χ1v) is 9.27. The van der Waals surface area contributed by atoms with Gasteiger partial charge in [0.1, 0.15) is 0 Å². The van der Waals surface area contributed by atoms with Crippen molar-refractivity contribution in [3.8, 4) is 0 Å². The number of amides is 1. The fourth-order valence-electron chi connectivity index (χ4n) is 2.41. The van der Waals surface area contributed by atoms with E-state index in [4.69, 9.17) is 11.6 Å². The van der Waals surface area contributed by atoms with Crippen molar-refractivity contribution in [2.45, 2.75) is 39.5 Å². The lowest BCUT2D eigenvalue weighted by Gasteiger charge is -2.26. The van der Waals surface area contributed by atoms with E-state index in [2.05, 4.69) is 5.32 Å². The molecule has 8 heteroatoms. The summed E-state index contributed by atoms with van der Waals surface area (Å²) in [5.74, 6) is -0.499. The molecule has 0 aliphatic rings. The van der Waals surface area contributed by atoms with Gasteiger partial charge in [0.15, 0.2) is 0 Å². The molecule has 1 aromatic carbocycles. The molecule has 3 nitrogen and oxygen atoms in total. The Hall–Kier alpha value is -1.57. The summed E-state index contributed by atoms with van der Waals surface area (Å²) in [7, 11) is 0. The Kier molecular flexibility index (Phi) is 6.71. The van der Waals surface area contributed by atoms with Crippen LogP contribution in [0.2, 0.25) is 5.02 Å². The van der Waals surface area contributed by atoms with Gasteiger partial charge in [-0.1, -0.05) is 11.6 Å². The summed E-state index contributed by atoms with van der Waals surface area (Å²) in [5.41, 5.74) is -0.107. The van der Waals surface area contributed by atoms with Crippen LogP contribution in [0.15, 0.2) is 29.6 Å². The van der Waals surface area contributed by atoms with Gasteiger partial charge in [-0.05, 0) is 56.0 Å². The number of nitrogens with one attached hydrogen (secondary N) is 1. The average Bonchev–Trinajstić information content (AvgIpc) is 2.92. The van der Waals surface area contributed by atoms with Crippen molar-refractivity contribution in [1.29, 1.82) is 0 Å². The van der Waals surface area contributed by atoms with Crippen LogP contribution in [-0.4, -0.2) is 23.4 Å². The summed E-state index contributed by atoms with van der Waals surface area (Å²) in [6.45, 7) is 6.45. The first-order valence-electron chi connectivity index (χ1n) is 8.01. The van der Waals surface area contributed by atoms with Gasteiger partial charge in [0.05, 0.1) is 17.8 Å². The fraction of sp³-hybridized carbons (Fsp3) is 0.389. The van der Waals surface area contributed by atoms with Gasteiger partial charge in [0.25, 0.3) is 0 Å². The number of hydrogen-bond acceptors (Lipinski definition) is 3. The van der Waals surface area contributed by atoms with Crippen LogP contribution in [0, 0.1) is 6.92 Å². The predicted octanol–water partition coefficient (Wildman–Crippen LogP) is 5.58. The first kappa shape index (κ1) is 20.7. The van der Waals surface area contributed by atoms with Crippen molar-refractivity contribution in [3.63, 3.8) is 0 Å². The number of thiophene rings is 1. The molecule has 0 saturated carbocycles. The highest BCUT2D eigenvalue weighted by Gasteiger charge is 2.34. The van der Waals surface area contributed by atoms with Crippen LogP contribution in [0.3, 0.4) is 0 Å². The van der Waals surface area contributed by atoms with Crippen LogP contribution in [0.4, 0.5) is 18.9 Å². The van der Waals surface area contributed by atoms with Crippen molar-refractivity contribution >= 4 is 34.5 Å². The SMILES string of the molecule is Cc1ccsc1CN(CC(=O)Nc1ccc(Cl)cc1C(F)(F)F)C(C)C. The maximum atomic E-state index is 13.1. The number of carbonyl (C=O) groups is 1. The molecular weight excluding hydrogens is 385 g/mol. The lowest BCUT2D eigenvalue weighted by Crippen LogP contribution is -2.37. The molecule has 0 aliphatic heterocycles. The van der Waals surface area contributed by atoms with Crippen LogP contribution in [0.5, 0.6) is 0 Å². The maximum Gasteiger partial charge on any atom is 0.418 e. The minimum absolute atomic E-state index is 0.00503. The molecule has 26 heavy (non-hydrogen) atoms. The molecule has 1 heterocycles. The molecule has 2 aromatic rings. The lowest BCUT2D eigenvalue weighted by molar-refractivity contribution is -0.137. The summed E-state index contributed by atoms with van der Waals surface area (Å²) in [6, 6.07) is 5.37. The van der Waals surface area contributed by atoms with Gasteiger partial charge in [0, 0.05) is 22.5 Å². The largest absolute Gasteiger partial charge is 0.418 e. The zero-order chi connectivity index (χ0) is 19.5. The molecule has 2 rings (SSSR count). The maximum absolute atomic E-state index is 13.1. The highest BCUT2D eigenvalue weighted by atomic mass is 35.5. The van der Waals surface area contributed by atoms with Crippen molar-refractivity contribution < 1.29 is 18.0 Å². The zero-order valence-electron chi connectivity index (χ0n) is 14.7. The number of hydrogen-bond donors (Lipinski definition) is 1. The Bertz CT molecular complexity index is 774. The number of benzene rings is 1. The lowest BCUT2D eigenvalue weighted by atomic mass is 10.1. The Morgan fingerprint density at radius 1 is 1.31 bits per heavy atom. The third-order valence-electron chi connectivity index (χ3n) is 3.95. The molecule has 0 saturated heterocycles. The molecule has 0 spiro atoms. The van der Waals surface area contributed by atoms with Gasteiger partial charge in [0.2, 0.25) is 5.91 Å². The number of rotatable bonds is 6. The van der Waals surface area contributed by atoms with Gasteiger partial charge >= 0.3 is 6.18 Å². The number of carbonyl (C=O) groups excluding carboxylic acids is 1. The molecule has 1 N–H and O–H groups in total. The second-order valence-electron chi connectivity index (χ2n) is 6.26. The van der Waals surface area contributed by atoms with E-state index in [1.54, 1.807) is 11.3 Å². The Labute approximate surface area is 159 Å². The number of aryl methyl sites for hydroxylation is 1. The van der Waals surface area contributed by atoms with E-state index in [1.807, 2.05) is 37.1 Å². The predicted molar refractivity (Wildman–Crippen MR) is 99.7 cm³/mol. The van der Waals surface area contributed by atoms with Crippen molar-refractivity contribution in [2.75, 3.05) is 11.9 Å². The van der Waals surface area contributed by atoms with Crippen molar-refractivity contribution in [2.24, 2.45) is 0 Å². The van der Waals surface area contributed by atoms with Gasteiger partial charge < -0.3 is 5.32 Å². The topological polar surface area (TPSA) is 32.3 Å². The summed E-state index contributed by atoms with van der Waals surface area (Å²) in [4.78, 5) is 15.4. The minimum atomic E-state index is -4.60. The highest BCUT2D eigenvalue weighted by Crippen LogP contribution is 2.36. The molecule has 0 bridgehead atoms. The molecule has 0 atom stereocenters. The Morgan fingerprint density at radius 3 is 2.54 bits per heavy atom. The van der Waals surface area contributed by atoms with Crippen LogP contribution in [-0.2, 0) is 17.5 Å². The zero-order valence-corrected chi connectivity index (χ0v) is 16.2. The van der Waals surface area contributed by atoms with E-state index in [9.17, 15) is 18.0 Å². The van der Waals surface area contributed by atoms with Gasteiger partial charge in [-0.2, -0.15) is 13.2 Å². The van der Waals surface area contributed by atoms with E-state index in [0.29, 0.717) is 6.54 Å². The highest BCUT2D eigenvalue weighted by molar-refractivity contribution is 7.10. The second-order valence-corrected chi connectivity index (χ2v) is 7.70. The third kappa shape index (κ3) is 5.46. The number of alkyl halides is 3. The monoisotopic (exact) mass is 404 g/mol. The number of anilines is 1. The van der Waals surface area contributed by atoms with Crippen LogP contribution in [0.25, 0.3) is 0 Å². The molecule has 0 radical (unpaired) electrons. The number of nitrogens with zero attached hydrogens (tertiary/aromatic N) is 1. The first-order chi connectivity index (χ1) is 12.1. The van der Waals surface area contributed by atoms with Gasteiger partial charge in [-0.25, -0.2) is 0 Å². The summed E-state index contributed by atoms with van der Waals surface area (Å²) < 4.78 is 39.4. The minimum Gasteiger partial charge on any atom is -0.324 e. The second kappa shape index (κ2) is 8.41. The molecule has 142 valence electrons. The van der Waals surface area contributed by atoms with Crippen LogP contribution in [0.1, 0.15) is 29.9 Å². The van der Waals surface area contributed by atoms with E-state index in [1.165, 1.54) is 12.1 Å². The summed E-state index contributed by atoms with van der Waals surface area (Å²) >= 11 is 7.26. The van der Waals surface area contributed by atoms with Crippen molar-refractivity contribution in [3.05, 3.63) is 50.7 Å². The van der Waals surface area contributed by atoms with Crippen LogP contribution < -0.4 is 5.32 Å². The van der Waals surface area contributed by atoms with E-state index in [-0.39, 0.29) is 23.3 Å². The standard InChI is InChI=1S/C18H20ClF3N2OS/c1-11(2)24(9-16-12(3)6-7-26-16)10-17(25)23-15-5-4-13(19)8-14(15)18(20,21)22/h4-8,11H,9-10H2,1-3H3,(H,23,25). The normalized spacial score (nSPS) is 12.0. The molecule has 1 aromatic heterocycles. The number of halogens is 4.